The Morgan fingerprint density at radius 3 is 2.63 bits per heavy atom. The van der Waals surface area contributed by atoms with Crippen LogP contribution in [0.4, 0.5) is 0 Å². The van der Waals surface area contributed by atoms with Crippen LogP contribution in [0, 0.1) is 11.3 Å². The Kier molecular flexibility index (Phi) is 7.63. The van der Waals surface area contributed by atoms with Crippen molar-refractivity contribution in [1.29, 1.82) is 5.26 Å². The summed E-state index contributed by atoms with van der Waals surface area (Å²) < 4.78 is 16.8. The number of ether oxygens (including phenoxy) is 3. The van der Waals surface area contributed by atoms with E-state index in [9.17, 15) is 4.79 Å². The molecule has 1 unspecified atom stereocenters. The number of piperazine rings is 1. The highest BCUT2D eigenvalue weighted by Crippen LogP contribution is 2.33. The lowest BCUT2D eigenvalue weighted by atomic mass is 10.2. The summed E-state index contributed by atoms with van der Waals surface area (Å²) >= 11 is 6.13. The van der Waals surface area contributed by atoms with Crippen LogP contribution in [0.25, 0.3) is 10.9 Å². The van der Waals surface area contributed by atoms with E-state index in [1.165, 1.54) is 20.4 Å². The normalized spacial score (nSPS) is 16.1. The first-order chi connectivity index (χ1) is 14.5. The molecule has 1 aliphatic rings. The van der Waals surface area contributed by atoms with Gasteiger partial charge in [-0.1, -0.05) is 11.6 Å². The number of aromatic nitrogens is 2. The van der Waals surface area contributed by atoms with Crippen molar-refractivity contribution in [3.8, 4) is 17.6 Å². The average molecular weight is 434 g/mol. The summed E-state index contributed by atoms with van der Waals surface area (Å²) in [4.78, 5) is 24.1. The van der Waals surface area contributed by atoms with Gasteiger partial charge in [-0.15, -0.1) is 0 Å². The molecule has 1 fully saturated rings. The zero-order valence-electron chi connectivity index (χ0n) is 17.0. The first kappa shape index (κ1) is 22.0. The maximum absolute atomic E-state index is 11.6. The van der Waals surface area contributed by atoms with Crippen molar-refractivity contribution in [2.75, 3.05) is 53.0 Å². The second-order valence-electron chi connectivity index (χ2n) is 6.96. The van der Waals surface area contributed by atoms with Crippen LogP contribution in [0.1, 0.15) is 6.92 Å². The quantitative estimate of drug-likeness (QED) is 0.350. The number of hydrogen-bond acceptors (Lipinski definition) is 9. The SMILES string of the molecule is COc1cc2c(Cl)ncnc2cc1OCC(CN1CCN(CC#N)CC1)OC(C)=O. The molecule has 9 nitrogen and oxygen atoms in total. The molecule has 2 heterocycles. The predicted octanol–water partition coefficient (Wildman–Crippen LogP) is 1.74. The van der Waals surface area contributed by atoms with Gasteiger partial charge in [0, 0.05) is 51.1 Å². The van der Waals surface area contributed by atoms with Crippen molar-refractivity contribution in [2.24, 2.45) is 0 Å². The molecule has 2 aromatic rings. The zero-order valence-corrected chi connectivity index (χ0v) is 17.8. The summed E-state index contributed by atoms with van der Waals surface area (Å²) in [5.41, 5.74) is 0.628. The van der Waals surface area contributed by atoms with Crippen molar-refractivity contribution in [1.82, 2.24) is 19.8 Å². The third-order valence-corrected chi connectivity index (χ3v) is 5.15. The highest BCUT2D eigenvalue weighted by Gasteiger charge is 2.23. The standard InChI is InChI=1S/C20H24ClN5O4/c1-14(27)30-15(11-26-7-5-25(4-3-22)6-8-26)12-29-19-10-17-16(9-18(19)28-2)20(21)24-13-23-17/h9-10,13,15H,4-8,11-12H2,1-2H3. The molecule has 1 saturated heterocycles. The number of methoxy groups -OCH3 is 1. The number of halogens is 1. The van der Waals surface area contributed by atoms with E-state index < -0.39 is 6.10 Å². The molecule has 0 amide bonds. The molecule has 160 valence electrons. The Morgan fingerprint density at radius 1 is 1.23 bits per heavy atom. The van der Waals surface area contributed by atoms with E-state index in [2.05, 4.69) is 25.8 Å². The highest BCUT2D eigenvalue weighted by molar-refractivity contribution is 6.34. The van der Waals surface area contributed by atoms with E-state index in [4.69, 9.17) is 31.1 Å². The Labute approximate surface area is 180 Å². The van der Waals surface area contributed by atoms with Crippen LogP contribution in [0.15, 0.2) is 18.5 Å². The van der Waals surface area contributed by atoms with Crippen LogP contribution in [-0.2, 0) is 9.53 Å². The van der Waals surface area contributed by atoms with Gasteiger partial charge >= 0.3 is 5.97 Å². The fraction of sp³-hybridized carbons (Fsp3) is 0.500. The topological polar surface area (TPSA) is 101 Å². The van der Waals surface area contributed by atoms with Gasteiger partial charge < -0.3 is 14.2 Å². The summed E-state index contributed by atoms with van der Waals surface area (Å²) in [6, 6.07) is 5.63. The van der Waals surface area contributed by atoms with E-state index in [0.29, 0.717) is 40.6 Å². The molecule has 30 heavy (non-hydrogen) atoms. The van der Waals surface area contributed by atoms with Crippen LogP contribution >= 0.6 is 11.6 Å². The van der Waals surface area contributed by atoms with Gasteiger partial charge in [0.05, 0.1) is 25.2 Å². The molecule has 10 heteroatoms. The fourth-order valence-corrected chi connectivity index (χ4v) is 3.56. The van der Waals surface area contributed by atoms with Crippen LogP contribution < -0.4 is 9.47 Å². The van der Waals surface area contributed by atoms with Crippen molar-refractivity contribution in [3.05, 3.63) is 23.6 Å². The van der Waals surface area contributed by atoms with E-state index >= 15 is 0 Å². The largest absolute Gasteiger partial charge is 0.493 e. The fourth-order valence-electron chi connectivity index (χ4n) is 3.36. The number of fused-ring (bicyclic) bond motifs is 1. The minimum absolute atomic E-state index is 0.165. The van der Waals surface area contributed by atoms with E-state index in [-0.39, 0.29) is 12.6 Å². The molecule has 0 aliphatic carbocycles. The Hall–Kier alpha value is -2.67. The van der Waals surface area contributed by atoms with Gasteiger partial charge in [0.25, 0.3) is 0 Å². The number of rotatable bonds is 8. The second kappa shape index (κ2) is 10.4. The number of nitrogens with zero attached hydrogens (tertiary/aromatic N) is 5. The molecule has 3 rings (SSSR count). The maximum Gasteiger partial charge on any atom is 0.303 e. The number of carbonyl (C=O) groups is 1. The Balaban J connectivity index is 1.67. The van der Waals surface area contributed by atoms with Crippen LogP contribution in [0.5, 0.6) is 11.5 Å². The summed E-state index contributed by atoms with van der Waals surface area (Å²) in [6.45, 7) is 5.73. The molecule has 1 aromatic carbocycles. The Bertz CT molecular complexity index is 927. The third kappa shape index (κ3) is 5.69. The van der Waals surface area contributed by atoms with Gasteiger partial charge in [-0.2, -0.15) is 5.26 Å². The molecular weight excluding hydrogens is 410 g/mol. The number of benzene rings is 1. The first-order valence-corrected chi connectivity index (χ1v) is 9.98. The number of esters is 1. The lowest BCUT2D eigenvalue weighted by molar-refractivity contribution is -0.149. The van der Waals surface area contributed by atoms with Crippen molar-refractivity contribution < 1.29 is 19.0 Å². The minimum Gasteiger partial charge on any atom is -0.493 e. The van der Waals surface area contributed by atoms with Crippen molar-refractivity contribution in [3.63, 3.8) is 0 Å². The van der Waals surface area contributed by atoms with Crippen molar-refractivity contribution in [2.45, 2.75) is 13.0 Å². The summed E-state index contributed by atoms with van der Waals surface area (Å²) in [6.07, 6.45) is 0.938. The van der Waals surface area contributed by atoms with Crippen molar-refractivity contribution >= 4 is 28.5 Å². The molecule has 0 spiro atoms. The molecule has 0 N–H and O–H groups in total. The minimum atomic E-state index is -0.445. The smallest absolute Gasteiger partial charge is 0.303 e. The van der Waals surface area contributed by atoms with Gasteiger partial charge in [0.1, 0.15) is 24.2 Å². The number of nitriles is 1. The van der Waals surface area contributed by atoms with E-state index in [1.54, 1.807) is 12.1 Å². The molecule has 1 aromatic heterocycles. The van der Waals surface area contributed by atoms with Crippen LogP contribution in [0.2, 0.25) is 5.15 Å². The molecule has 1 atom stereocenters. The predicted molar refractivity (Wildman–Crippen MR) is 111 cm³/mol. The second-order valence-corrected chi connectivity index (χ2v) is 7.32. The highest BCUT2D eigenvalue weighted by atomic mass is 35.5. The summed E-state index contributed by atoms with van der Waals surface area (Å²) in [7, 11) is 1.54. The Morgan fingerprint density at radius 2 is 1.97 bits per heavy atom. The van der Waals surface area contributed by atoms with Gasteiger partial charge in [0.15, 0.2) is 11.5 Å². The zero-order chi connectivity index (χ0) is 21.5. The van der Waals surface area contributed by atoms with Gasteiger partial charge in [-0.3, -0.25) is 14.6 Å². The number of carbonyl (C=O) groups excluding carboxylic acids is 1. The molecule has 0 bridgehead atoms. The molecule has 0 saturated carbocycles. The average Bonchev–Trinajstić information content (AvgIpc) is 2.73. The van der Waals surface area contributed by atoms with Crippen LogP contribution in [0.3, 0.4) is 0 Å². The lowest BCUT2D eigenvalue weighted by Crippen LogP contribution is -2.49. The molecule has 1 aliphatic heterocycles. The maximum atomic E-state index is 11.6. The number of hydrogen-bond donors (Lipinski definition) is 0. The van der Waals surface area contributed by atoms with Gasteiger partial charge in [-0.25, -0.2) is 9.97 Å². The van der Waals surface area contributed by atoms with Gasteiger partial charge in [-0.05, 0) is 6.07 Å². The van der Waals surface area contributed by atoms with E-state index in [0.717, 1.165) is 26.2 Å². The first-order valence-electron chi connectivity index (χ1n) is 9.60. The summed E-state index contributed by atoms with van der Waals surface area (Å²) in [5, 5.41) is 9.82. The van der Waals surface area contributed by atoms with Gasteiger partial charge in [0.2, 0.25) is 0 Å². The monoisotopic (exact) mass is 433 g/mol. The van der Waals surface area contributed by atoms with E-state index in [1.807, 2.05) is 0 Å². The lowest BCUT2D eigenvalue weighted by Gasteiger charge is -2.35. The molecule has 0 radical (unpaired) electrons. The summed E-state index contributed by atoms with van der Waals surface area (Å²) in [5.74, 6) is 0.610. The third-order valence-electron chi connectivity index (χ3n) is 4.85. The molecular formula is C20H24ClN5O4. The van der Waals surface area contributed by atoms with Crippen LogP contribution in [-0.4, -0.2) is 84.8 Å².